The third kappa shape index (κ3) is 3.76. The Balaban J connectivity index is 2.28. The van der Waals surface area contributed by atoms with Crippen molar-refractivity contribution in [2.24, 2.45) is 0 Å². The van der Waals surface area contributed by atoms with Gasteiger partial charge in [0.25, 0.3) is 5.91 Å². The van der Waals surface area contributed by atoms with E-state index in [0.29, 0.717) is 15.6 Å². The average molecular weight is 324 g/mol. The highest BCUT2D eigenvalue weighted by Gasteiger charge is 2.28. The fourth-order valence-corrected chi connectivity index (χ4v) is 2.54. The molecule has 5 heteroatoms. The Hall–Kier alpha value is -1.55. The van der Waals surface area contributed by atoms with Crippen molar-refractivity contribution < 1.29 is 9.90 Å². The van der Waals surface area contributed by atoms with E-state index in [0.717, 1.165) is 5.56 Å². The van der Waals surface area contributed by atoms with E-state index in [9.17, 15) is 9.90 Å². The minimum absolute atomic E-state index is 0.225. The van der Waals surface area contributed by atoms with Crippen molar-refractivity contribution in [3.63, 3.8) is 0 Å². The van der Waals surface area contributed by atoms with Crippen molar-refractivity contribution in [3.05, 3.63) is 69.7 Å². The molecule has 1 unspecified atom stereocenters. The lowest BCUT2D eigenvalue weighted by molar-refractivity contribution is 0.0849. The highest BCUT2D eigenvalue weighted by atomic mass is 35.5. The van der Waals surface area contributed by atoms with E-state index in [1.54, 1.807) is 13.0 Å². The molecule has 2 aromatic rings. The molecule has 0 radical (unpaired) electrons. The number of rotatable bonds is 4. The van der Waals surface area contributed by atoms with Crippen LogP contribution in [0.3, 0.4) is 0 Å². The Morgan fingerprint density at radius 1 is 1.14 bits per heavy atom. The average Bonchev–Trinajstić information content (AvgIpc) is 2.47. The number of aliphatic hydroxyl groups excluding tert-OH is 1. The van der Waals surface area contributed by atoms with Crippen LogP contribution in [0.2, 0.25) is 10.0 Å². The molecule has 110 valence electrons. The molecule has 0 aliphatic rings. The first-order valence-electron chi connectivity index (χ1n) is 6.39. The van der Waals surface area contributed by atoms with E-state index in [1.807, 2.05) is 30.3 Å². The zero-order valence-electron chi connectivity index (χ0n) is 11.4. The zero-order chi connectivity index (χ0) is 15.5. The smallest absolute Gasteiger partial charge is 0.252 e. The maximum Gasteiger partial charge on any atom is 0.252 e. The first kappa shape index (κ1) is 15.8. The van der Waals surface area contributed by atoms with Gasteiger partial charge in [0.15, 0.2) is 0 Å². The van der Waals surface area contributed by atoms with Gasteiger partial charge in [-0.25, -0.2) is 0 Å². The first-order chi connectivity index (χ1) is 9.94. The molecule has 0 aromatic heterocycles. The summed E-state index contributed by atoms with van der Waals surface area (Å²) in [4.78, 5) is 12.4. The molecule has 0 aliphatic carbocycles. The summed E-state index contributed by atoms with van der Waals surface area (Å²) < 4.78 is 0. The summed E-state index contributed by atoms with van der Waals surface area (Å²) in [7, 11) is 0. The van der Waals surface area contributed by atoms with Gasteiger partial charge in [-0.3, -0.25) is 4.79 Å². The van der Waals surface area contributed by atoms with E-state index >= 15 is 0 Å². The second-order valence-electron chi connectivity index (χ2n) is 4.97. The minimum Gasteiger partial charge on any atom is -0.394 e. The van der Waals surface area contributed by atoms with Crippen LogP contribution in [0.25, 0.3) is 0 Å². The van der Waals surface area contributed by atoms with Crippen molar-refractivity contribution in [3.8, 4) is 0 Å². The lowest BCUT2D eigenvalue weighted by Crippen LogP contribution is -2.46. The molecule has 2 N–H and O–H groups in total. The Kier molecular flexibility index (Phi) is 4.88. The number of carbonyl (C=O) groups excluding carboxylic acids is 1. The second-order valence-corrected chi connectivity index (χ2v) is 5.84. The topological polar surface area (TPSA) is 49.3 Å². The fourth-order valence-electron chi connectivity index (χ4n) is 2.02. The Morgan fingerprint density at radius 2 is 1.71 bits per heavy atom. The van der Waals surface area contributed by atoms with Gasteiger partial charge in [-0.1, -0.05) is 53.5 Å². The van der Waals surface area contributed by atoms with Gasteiger partial charge in [0, 0.05) is 15.6 Å². The summed E-state index contributed by atoms with van der Waals surface area (Å²) >= 11 is 11.8. The van der Waals surface area contributed by atoms with Crippen LogP contribution in [0, 0.1) is 0 Å². The van der Waals surface area contributed by atoms with Crippen molar-refractivity contribution >= 4 is 29.1 Å². The number of hydrogen-bond donors (Lipinski definition) is 2. The van der Waals surface area contributed by atoms with Gasteiger partial charge in [0.1, 0.15) is 0 Å². The minimum atomic E-state index is -0.882. The quantitative estimate of drug-likeness (QED) is 0.902. The third-order valence-corrected chi connectivity index (χ3v) is 3.68. The summed E-state index contributed by atoms with van der Waals surface area (Å²) in [6.07, 6.45) is 0. The van der Waals surface area contributed by atoms with Crippen LogP contribution in [0.1, 0.15) is 22.8 Å². The monoisotopic (exact) mass is 323 g/mol. The predicted octanol–water partition coefficient (Wildman–Crippen LogP) is 3.63. The summed E-state index contributed by atoms with van der Waals surface area (Å²) in [5, 5.41) is 13.3. The van der Waals surface area contributed by atoms with Crippen LogP contribution in [-0.4, -0.2) is 17.6 Å². The largest absolute Gasteiger partial charge is 0.394 e. The molecule has 0 fully saturated rings. The number of carbonyl (C=O) groups is 1. The van der Waals surface area contributed by atoms with E-state index in [-0.39, 0.29) is 12.5 Å². The number of amides is 1. The van der Waals surface area contributed by atoms with Crippen molar-refractivity contribution in [1.82, 2.24) is 5.32 Å². The number of benzene rings is 2. The van der Waals surface area contributed by atoms with Gasteiger partial charge in [0.2, 0.25) is 0 Å². The summed E-state index contributed by atoms with van der Waals surface area (Å²) in [6, 6.07) is 13.9. The van der Waals surface area contributed by atoms with E-state index in [2.05, 4.69) is 5.32 Å². The normalized spacial score (nSPS) is 13.5. The van der Waals surface area contributed by atoms with E-state index in [1.165, 1.54) is 12.1 Å². The van der Waals surface area contributed by atoms with E-state index in [4.69, 9.17) is 23.2 Å². The molecule has 2 rings (SSSR count). The summed E-state index contributed by atoms with van der Waals surface area (Å²) in [5.74, 6) is -0.347. The van der Waals surface area contributed by atoms with E-state index < -0.39 is 5.54 Å². The lowest BCUT2D eigenvalue weighted by atomic mass is 9.92. The molecule has 0 bridgehead atoms. The predicted molar refractivity (Wildman–Crippen MR) is 84.8 cm³/mol. The van der Waals surface area contributed by atoms with Crippen molar-refractivity contribution in [2.45, 2.75) is 12.5 Å². The van der Waals surface area contributed by atoms with Gasteiger partial charge in [-0.15, -0.1) is 0 Å². The van der Waals surface area contributed by atoms with Crippen LogP contribution in [0.4, 0.5) is 0 Å². The van der Waals surface area contributed by atoms with Crippen LogP contribution in [0.5, 0.6) is 0 Å². The van der Waals surface area contributed by atoms with Crippen LogP contribution in [0.15, 0.2) is 48.5 Å². The highest BCUT2D eigenvalue weighted by Crippen LogP contribution is 2.23. The lowest BCUT2D eigenvalue weighted by Gasteiger charge is -2.29. The van der Waals surface area contributed by atoms with Crippen LogP contribution in [-0.2, 0) is 5.54 Å². The SMILES string of the molecule is CC(CO)(NC(=O)c1cc(Cl)cc(Cl)c1)c1ccccc1. The molecule has 0 heterocycles. The molecule has 0 spiro atoms. The fraction of sp³-hybridized carbons (Fsp3) is 0.188. The summed E-state index contributed by atoms with van der Waals surface area (Å²) in [5.41, 5.74) is 0.282. The number of aliphatic hydroxyl groups is 1. The van der Waals surface area contributed by atoms with Gasteiger partial charge in [-0.2, -0.15) is 0 Å². The van der Waals surface area contributed by atoms with Gasteiger partial charge >= 0.3 is 0 Å². The molecular weight excluding hydrogens is 309 g/mol. The Morgan fingerprint density at radius 3 is 2.24 bits per heavy atom. The molecule has 0 saturated heterocycles. The Bertz CT molecular complexity index is 626. The highest BCUT2D eigenvalue weighted by molar-refractivity contribution is 6.35. The Labute approximate surface area is 133 Å². The molecule has 1 atom stereocenters. The molecule has 0 saturated carbocycles. The number of halogens is 2. The molecule has 2 aromatic carbocycles. The zero-order valence-corrected chi connectivity index (χ0v) is 12.9. The van der Waals surface area contributed by atoms with Gasteiger partial charge < -0.3 is 10.4 Å². The van der Waals surface area contributed by atoms with Gasteiger partial charge in [0.05, 0.1) is 12.1 Å². The molecule has 21 heavy (non-hydrogen) atoms. The first-order valence-corrected chi connectivity index (χ1v) is 7.15. The summed E-state index contributed by atoms with van der Waals surface area (Å²) in [6.45, 7) is 1.53. The number of nitrogens with one attached hydrogen (secondary N) is 1. The van der Waals surface area contributed by atoms with Crippen molar-refractivity contribution in [2.75, 3.05) is 6.61 Å². The van der Waals surface area contributed by atoms with Crippen LogP contribution < -0.4 is 5.32 Å². The molecule has 0 aliphatic heterocycles. The molecule has 1 amide bonds. The van der Waals surface area contributed by atoms with Gasteiger partial charge in [-0.05, 0) is 30.7 Å². The third-order valence-electron chi connectivity index (χ3n) is 3.24. The second kappa shape index (κ2) is 6.48. The standard InChI is InChI=1S/C16H15Cl2NO2/c1-16(10-20,12-5-3-2-4-6-12)19-15(21)11-7-13(17)9-14(18)8-11/h2-9,20H,10H2,1H3,(H,19,21). The molecule has 3 nitrogen and oxygen atoms in total. The maximum atomic E-state index is 12.4. The number of hydrogen-bond acceptors (Lipinski definition) is 2. The maximum absolute atomic E-state index is 12.4. The van der Waals surface area contributed by atoms with Crippen molar-refractivity contribution in [1.29, 1.82) is 0 Å². The van der Waals surface area contributed by atoms with Crippen LogP contribution >= 0.6 is 23.2 Å². The molecular formula is C16H15Cl2NO2.